The lowest BCUT2D eigenvalue weighted by atomic mass is 9.98. The van der Waals surface area contributed by atoms with Gasteiger partial charge in [-0.3, -0.25) is 4.79 Å². The third kappa shape index (κ3) is 3.13. The van der Waals surface area contributed by atoms with Crippen LogP contribution in [0.3, 0.4) is 0 Å². The minimum atomic E-state index is -0.726. The number of carbonyl (C=O) groups is 1. The maximum absolute atomic E-state index is 10.9. The van der Waals surface area contributed by atoms with E-state index in [1.807, 2.05) is 24.3 Å². The molecule has 0 amide bonds. The third-order valence-electron chi connectivity index (χ3n) is 3.20. The van der Waals surface area contributed by atoms with Crippen molar-refractivity contribution in [2.45, 2.75) is 31.7 Å². The number of anilines is 1. The molecule has 1 atom stereocenters. The Hall–Kier alpha value is -1.22. The Balaban J connectivity index is 2.15. The topological polar surface area (TPSA) is 40.5 Å². The van der Waals surface area contributed by atoms with E-state index in [4.69, 9.17) is 16.7 Å². The summed E-state index contributed by atoms with van der Waals surface area (Å²) in [5.41, 5.74) is 1.07. The van der Waals surface area contributed by atoms with E-state index in [1.165, 1.54) is 0 Å². The first-order valence-electron chi connectivity index (χ1n) is 5.91. The van der Waals surface area contributed by atoms with Gasteiger partial charge < -0.3 is 10.0 Å². The van der Waals surface area contributed by atoms with Crippen molar-refractivity contribution in [3.63, 3.8) is 0 Å². The molecular weight excluding hydrogens is 238 g/mol. The maximum atomic E-state index is 10.9. The van der Waals surface area contributed by atoms with Gasteiger partial charge in [-0.1, -0.05) is 11.6 Å². The van der Waals surface area contributed by atoms with Crippen LogP contribution in [-0.4, -0.2) is 23.7 Å². The van der Waals surface area contributed by atoms with Crippen molar-refractivity contribution in [2.75, 3.05) is 11.4 Å². The van der Waals surface area contributed by atoms with Gasteiger partial charge in [0.15, 0.2) is 0 Å². The van der Waals surface area contributed by atoms with Crippen molar-refractivity contribution in [3.8, 4) is 0 Å². The second-order valence-electron chi connectivity index (χ2n) is 4.42. The number of carboxylic acids is 1. The fraction of sp³-hybridized carbons (Fsp3) is 0.462. The fourth-order valence-corrected chi connectivity index (χ4v) is 2.51. The molecule has 4 heteroatoms. The van der Waals surface area contributed by atoms with Crippen LogP contribution in [0.4, 0.5) is 5.69 Å². The number of halogens is 1. The molecule has 1 saturated heterocycles. The van der Waals surface area contributed by atoms with Gasteiger partial charge >= 0.3 is 5.97 Å². The predicted octanol–water partition coefficient (Wildman–Crippen LogP) is 3.17. The van der Waals surface area contributed by atoms with Crippen molar-refractivity contribution in [1.29, 1.82) is 0 Å². The molecular formula is C13H16ClNO2. The van der Waals surface area contributed by atoms with Crippen LogP contribution in [0.5, 0.6) is 0 Å². The van der Waals surface area contributed by atoms with Gasteiger partial charge in [0.25, 0.3) is 0 Å². The van der Waals surface area contributed by atoms with Gasteiger partial charge in [-0.05, 0) is 43.5 Å². The van der Waals surface area contributed by atoms with Crippen LogP contribution in [-0.2, 0) is 4.79 Å². The number of nitrogens with zero attached hydrogens (tertiary/aromatic N) is 1. The zero-order valence-corrected chi connectivity index (χ0v) is 10.4. The second kappa shape index (κ2) is 5.41. The average Bonchev–Trinajstić information content (AvgIpc) is 2.30. The molecule has 1 aliphatic heterocycles. The van der Waals surface area contributed by atoms with Crippen LogP contribution in [0.2, 0.25) is 5.02 Å². The molecule has 17 heavy (non-hydrogen) atoms. The van der Waals surface area contributed by atoms with Crippen LogP contribution >= 0.6 is 11.6 Å². The quantitative estimate of drug-likeness (QED) is 0.900. The number of rotatable bonds is 3. The first kappa shape index (κ1) is 12.2. The van der Waals surface area contributed by atoms with E-state index in [9.17, 15) is 4.79 Å². The standard InChI is InChI=1S/C13H16ClNO2/c14-10-4-6-11(7-5-10)15-8-2-1-3-12(15)9-13(16)17/h4-7,12H,1-3,8-9H2,(H,16,17). The van der Waals surface area contributed by atoms with Crippen LogP contribution in [0.15, 0.2) is 24.3 Å². The normalized spacial score (nSPS) is 20.3. The van der Waals surface area contributed by atoms with Gasteiger partial charge in [0.2, 0.25) is 0 Å². The van der Waals surface area contributed by atoms with E-state index in [1.54, 1.807) is 0 Å². The molecule has 0 aromatic heterocycles. The molecule has 1 unspecified atom stereocenters. The summed E-state index contributed by atoms with van der Waals surface area (Å²) in [4.78, 5) is 13.0. The highest BCUT2D eigenvalue weighted by Gasteiger charge is 2.24. The third-order valence-corrected chi connectivity index (χ3v) is 3.45. The molecule has 3 nitrogen and oxygen atoms in total. The van der Waals surface area contributed by atoms with E-state index in [0.29, 0.717) is 5.02 Å². The molecule has 1 aliphatic rings. The van der Waals surface area contributed by atoms with Gasteiger partial charge in [-0.25, -0.2) is 0 Å². The first-order valence-corrected chi connectivity index (χ1v) is 6.28. The minimum absolute atomic E-state index is 0.113. The molecule has 0 aliphatic carbocycles. The number of hydrogen-bond donors (Lipinski definition) is 1. The maximum Gasteiger partial charge on any atom is 0.305 e. The molecule has 0 saturated carbocycles. The Morgan fingerprint density at radius 3 is 2.71 bits per heavy atom. The summed E-state index contributed by atoms with van der Waals surface area (Å²) in [6.07, 6.45) is 3.40. The highest BCUT2D eigenvalue weighted by Crippen LogP contribution is 2.27. The smallest absolute Gasteiger partial charge is 0.305 e. The lowest BCUT2D eigenvalue weighted by molar-refractivity contribution is -0.137. The summed E-state index contributed by atoms with van der Waals surface area (Å²) in [5, 5.41) is 9.64. The van der Waals surface area contributed by atoms with Crippen LogP contribution in [0.25, 0.3) is 0 Å². The van der Waals surface area contributed by atoms with Crippen molar-refractivity contribution in [3.05, 3.63) is 29.3 Å². The summed E-state index contributed by atoms with van der Waals surface area (Å²) < 4.78 is 0. The molecule has 0 radical (unpaired) electrons. The molecule has 0 bridgehead atoms. The van der Waals surface area contributed by atoms with E-state index >= 15 is 0 Å². The summed E-state index contributed by atoms with van der Waals surface area (Å²) in [6.45, 7) is 0.930. The molecule has 0 spiro atoms. The monoisotopic (exact) mass is 253 g/mol. The van der Waals surface area contributed by atoms with Crippen LogP contribution in [0, 0.1) is 0 Å². The first-order chi connectivity index (χ1) is 8.16. The van der Waals surface area contributed by atoms with Gasteiger partial charge in [0, 0.05) is 23.3 Å². The lowest BCUT2D eigenvalue weighted by Gasteiger charge is -2.36. The summed E-state index contributed by atoms with van der Waals surface area (Å²) in [6, 6.07) is 7.74. The van der Waals surface area contributed by atoms with E-state index < -0.39 is 5.97 Å². The van der Waals surface area contributed by atoms with E-state index in [-0.39, 0.29) is 12.5 Å². The van der Waals surface area contributed by atoms with Crippen molar-refractivity contribution < 1.29 is 9.90 Å². The SMILES string of the molecule is O=C(O)CC1CCCCN1c1ccc(Cl)cc1. The van der Waals surface area contributed by atoms with Crippen molar-refractivity contribution in [1.82, 2.24) is 0 Å². The Morgan fingerprint density at radius 2 is 2.06 bits per heavy atom. The van der Waals surface area contributed by atoms with Gasteiger partial charge in [-0.2, -0.15) is 0 Å². The Morgan fingerprint density at radius 1 is 1.35 bits per heavy atom. The second-order valence-corrected chi connectivity index (χ2v) is 4.85. The number of carboxylic acid groups (broad SMARTS) is 1. The van der Waals surface area contributed by atoms with Gasteiger partial charge in [0.05, 0.1) is 6.42 Å². The molecule has 1 aromatic rings. The van der Waals surface area contributed by atoms with Gasteiger partial charge in [0.1, 0.15) is 0 Å². The zero-order chi connectivity index (χ0) is 12.3. The Kier molecular flexibility index (Phi) is 3.89. The van der Waals surface area contributed by atoms with E-state index in [2.05, 4.69) is 4.90 Å². The average molecular weight is 254 g/mol. The summed E-state index contributed by atoms with van der Waals surface area (Å²) in [5.74, 6) is -0.726. The fourth-order valence-electron chi connectivity index (χ4n) is 2.39. The molecule has 1 fully saturated rings. The van der Waals surface area contributed by atoms with E-state index in [0.717, 1.165) is 31.5 Å². The van der Waals surface area contributed by atoms with Crippen LogP contribution in [0.1, 0.15) is 25.7 Å². The lowest BCUT2D eigenvalue weighted by Crippen LogP contribution is -2.40. The minimum Gasteiger partial charge on any atom is -0.481 e. The van der Waals surface area contributed by atoms with Crippen LogP contribution < -0.4 is 4.90 Å². The molecule has 1 heterocycles. The zero-order valence-electron chi connectivity index (χ0n) is 9.60. The van der Waals surface area contributed by atoms with Gasteiger partial charge in [-0.15, -0.1) is 0 Å². The Labute approximate surface area is 106 Å². The van der Waals surface area contributed by atoms with Crippen molar-refractivity contribution >= 4 is 23.3 Å². The molecule has 1 aromatic carbocycles. The summed E-state index contributed by atoms with van der Waals surface area (Å²) >= 11 is 5.86. The largest absolute Gasteiger partial charge is 0.481 e. The number of hydrogen-bond acceptors (Lipinski definition) is 2. The number of aliphatic carboxylic acids is 1. The Bertz CT molecular complexity index is 391. The van der Waals surface area contributed by atoms with Crippen molar-refractivity contribution in [2.24, 2.45) is 0 Å². The highest BCUT2D eigenvalue weighted by molar-refractivity contribution is 6.30. The molecule has 2 rings (SSSR count). The highest BCUT2D eigenvalue weighted by atomic mass is 35.5. The number of benzene rings is 1. The number of piperidine rings is 1. The molecule has 92 valence electrons. The molecule has 1 N–H and O–H groups in total. The predicted molar refractivity (Wildman–Crippen MR) is 68.7 cm³/mol. The summed E-state index contributed by atoms with van der Waals surface area (Å²) in [7, 11) is 0.